The number of aryl methyl sites for hydroxylation is 1. The first-order valence-electron chi connectivity index (χ1n) is 6.42. The Kier molecular flexibility index (Phi) is 3.79. The van der Waals surface area contributed by atoms with Gasteiger partial charge < -0.3 is 5.32 Å². The van der Waals surface area contributed by atoms with Crippen LogP contribution in [0, 0.1) is 0 Å². The zero-order valence-corrected chi connectivity index (χ0v) is 11.8. The Balaban J connectivity index is 1.69. The molecule has 0 atom stereocenters. The summed E-state index contributed by atoms with van der Waals surface area (Å²) in [5.41, 5.74) is 2.09. The van der Waals surface area contributed by atoms with Gasteiger partial charge in [-0.2, -0.15) is 0 Å². The molecule has 1 N–H and O–H groups in total. The van der Waals surface area contributed by atoms with Crippen LogP contribution in [-0.4, -0.2) is 25.5 Å². The maximum Gasteiger partial charge on any atom is 0.224 e. The average Bonchev–Trinajstić information content (AvgIpc) is 3.00. The van der Waals surface area contributed by atoms with Crippen molar-refractivity contribution in [2.24, 2.45) is 0 Å². The monoisotopic (exact) mass is 301 g/mol. The number of fused-ring (bicyclic) bond motifs is 1. The molecule has 3 aromatic rings. The third-order valence-corrected chi connectivity index (χ3v) is 3.32. The molecule has 3 rings (SSSR count). The highest BCUT2D eigenvalue weighted by Gasteiger charge is 2.10. The van der Waals surface area contributed by atoms with E-state index in [9.17, 15) is 4.79 Å². The average molecular weight is 302 g/mol. The minimum absolute atomic E-state index is 0.104. The molecule has 0 saturated carbocycles. The van der Waals surface area contributed by atoms with Crippen LogP contribution in [0.3, 0.4) is 0 Å². The van der Waals surface area contributed by atoms with Crippen LogP contribution in [0.1, 0.15) is 12.0 Å². The number of benzene rings is 1. The van der Waals surface area contributed by atoms with E-state index in [1.54, 1.807) is 0 Å². The molecular formula is C14H12ClN5O. The standard InChI is InChI=1S/C14H12ClN5O/c15-14-16-8-11(13-19-17-9-20(13)14)18-12(21)7-6-10-4-2-1-3-5-10/h1-5,8-9H,6-7H2,(H,18,21). The second-order valence-corrected chi connectivity index (χ2v) is 4.84. The maximum atomic E-state index is 12.0. The second kappa shape index (κ2) is 5.88. The maximum absolute atomic E-state index is 12.0. The molecule has 2 heterocycles. The molecule has 0 bridgehead atoms. The van der Waals surface area contributed by atoms with E-state index in [1.165, 1.54) is 16.9 Å². The number of carbonyl (C=O) groups excluding carboxylic acids is 1. The molecule has 1 aromatic carbocycles. The first-order valence-corrected chi connectivity index (χ1v) is 6.80. The van der Waals surface area contributed by atoms with Crippen LogP contribution in [0.5, 0.6) is 0 Å². The van der Waals surface area contributed by atoms with Crippen LogP contribution >= 0.6 is 11.6 Å². The smallest absolute Gasteiger partial charge is 0.224 e. The summed E-state index contributed by atoms with van der Waals surface area (Å²) in [6, 6.07) is 9.85. The summed E-state index contributed by atoms with van der Waals surface area (Å²) in [6.07, 6.45) is 3.99. The number of aromatic nitrogens is 4. The van der Waals surface area contributed by atoms with Crippen molar-refractivity contribution in [1.82, 2.24) is 19.6 Å². The molecule has 0 saturated heterocycles. The van der Waals surface area contributed by atoms with Gasteiger partial charge in [-0.15, -0.1) is 10.2 Å². The zero-order valence-electron chi connectivity index (χ0n) is 11.0. The largest absolute Gasteiger partial charge is 0.322 e. The number of amides is 1. The molecule has 6 nitrogen and oxygen atoms in total. The van der Waals surface area contributed by atoms with Gasteiger partial charge in [0.15, 0.2) is 5.65 Å². The topological polar surface area (TPSA) is 72.2 Å². The number of hydrogen-bond donors (Lipinski definition) is 1. The van der Waals surface area contributed by atoms with Crippen molar-refractivity contribution in [3.05, 3.63) is 53.7 Å². The molecular weight excluding hydrogens is 290 g/mol. The van der Waals surface area contributed by atoms with Crippen molar-refractivity contribution in [2.45, 2.75) is 12.8 Å². The van der Waals surface area contributed by atoms with Crippen molar-refractivity contribution in [1.29, 1.82) is 0 Å². The predicted octanol–water partition coefficient (Wildman–Crippen LogP) is 2.35. The first kappa shape index (κ1) is 13.5. The molecule has 0 fully saturated rings. The highest BCUT2D eigenvalue weighted by molar-refractivity contribution is 6.28. The molecule has 2 aromatic heterocycles. The van der Waals surface area contributed by atoms with Crippen LogP contribution in [0.25, 0.3) is 5.65 Å². The minimum atomic E-state index is -0.104. The minimum Gasteiger partial charge on any atom is -0.322 e. The van der Waals surface area contributed by atoms with Gasteiger partial charge in [0.25, 0.3) is 0 Å². The predicted molar refractivity (Wildman–Crippen MR) is 79.2 cm³/mol. The molecule has 1 amide bonds. The number of hydrogen-bond acceptors (Lipinski definition) is 4. The second-order valence-electron chi connectivity index (χ2n) is 4.50. The zero-order chi connectivity index (χ0) is 14.7. The number of carbonyl (C=O) groups is 1. The SMILES string of the molecule is O=C(CCc1ccccc1)Nc1cnc(Cl)n2cnnc12. The number of anilines is 1. The Hall–Kier alpha value is -2.47. The molecule has 7 heteroatoms. The van der Waals surface area contributed by atoms with E-state index in [4.69, 9.17) is 11.6 Å². The molecule has 21 heavy (non-hydrogen) atoms. The fourth-order valence-electron chi connectivity index (χ4n) is 1.99. The summed E-state index contributed by atoms with van der Waals surface area (Å²) in [5.74, 6) is -0.104. The first-order chi connectivity index (χ1) is 10.2. The van der Waals surface area contributed by atoms with E-state index >= 15 is 0 Å². The van der Waals surface area contributed by atoms with Gasteiger partial charge in [-0.25, -0.2) is 4.98 Å². The van der Waals surface area contributed by atoms with Gasteiger partial charge in [0.2, 0.25) is 11.2 Å². The van der Waals surface area contributed by atoms with E-state index in [0.29, 0.717) is 24.2 Å². The van der Waals surface area contributed by atoms with Gasteiger partial charge in [-0.1, -0.05) is 30.3 Å². The lowest BCUT2D eigenvalue weighted by Crippen LogP contribution is -2.13. The van der Waals surface area contributed by atoms with Crippen LogP contribution in [0.4, 0.5) is 5.69 Å². The van der Waals surface area contributed by atoms with E-state index in [0.717, 1.165) is 5.56 Å². The molecule has 0 spiro atoms. The normalized spacial score (nSPS) is 10.7. The summed E-state index contributed by atoms with van der Waals surface area (Å²) in [6.45, 7) is 0. The Labute approximate surface area is 125 Å². The summed E-state index contributed by atoms with van der Waals surface area (Å²) in [5, 5.41) is 10.7. The highest BCUT2D eigenvalue weighted by atomic mass is 35.5. The van der Waals surface area contributed by atoms with Crippen molar-refractivity contribution in [3.63, 3.8) is 0 Å². The number of nitrogens with one attached hydrogen (secondary N) is 1. The van der Waals surface area contributed by atoms with E-state index in [-0.39, 0.29) is 11.2 Å². The summed E-state index contributed by atoms with van der Waals surface area (Å²) in [7, 11) is 0. The van der Waals surface area contributed by atoms with Gasteiger partial charge in [-0.05, 0) is 23.6 Å². The Morgan fingerprint density at radius 1 is 1.29 bits per heavy atom. The lowest BCUT2D eigenvalue weighted by Gasteiger charge is -2.06. The van der Waals surface area contributed by atoms with Crippen molar-refractivity contribution in [2.75, 3.05) is 5.32 Å². The van der Waals surface area contributed by atoms with Gasteiger partial charge in [0.05, 0.1) is 6.20 Å². The van der Waals surface area contributed by atoms with Crippen LogP contribution in [0.15, 0.2) is 42.9 Å². The van der Waals surface area contributed by atoms with Gasteiger partial charge >= 0.3 is 0 Å². The molecule has 106 valence electrons. The van der Waals surface area contributed by atoms with E-state index in [1.807, 2.05) is 30.3 Å². The molecule has 0 unspecified atom stereocenters. The molecule has 0 aliphatic heterocycles. The summed E-state index contributed by atoms with van der Waals surface area (Å²) in [4.78, 5) is 16.0. The van der Waals surface area contributed by atoms with Gasteiger partial charge in [0, 0.05) is 6.42 Å². The highest BCUT2D eigenvalue weighted by Crippen LogP contribution is 2.17. The van der Waals surface area contributed by atoms with Crippen LogP contribution in [-0.2, 0) is 11.2 Å². The molecule has 0 radical (unpaired) electrons. The fraction of sp³-hybridized carbons (Fsp3) is 0.143. The Morgan fingerprint density at radius 3 is 2.90 bits per heavy atom. The van der Waals surface area contributed by atoms with Gasteiger partial charge in [-0.3, -0.25) is 9.20 Å². The molecule has 0 aliphatic rings. The fourth-order valence-corrected chi connectivity index (χ4v) is 2.17. The van der Waals surface area contributed by atoms with E-state index in [2.05, 4.69) is 20.5 Å². The number of rotatable bonds is 4. The number of nitrogens with zero attached hydrogens (tertiary/aromatic N) is 4. The summed E-state index contributed by atoms with van der Waals surface area (Å²) >= 11 is 5.91. The van der Waals surface area contributed by atoms with Crippen molar-refractivity contribution < 1.29 is 4.79 Å². The van der Waals surface area contributed by atoms with Crippen molar-refractivity contribution in [3.8, 4) is 0 Å². The quantitative estimate of drug-likeness (QED) is 0.751. The number of halogens is 1. The third kappa shape index (κ3) is 3.00. The lowest BCUT2D eigenvalue weighted by molar-refractivity contribution is -0.116. The molecule has 0 aliphatic carbocycles. The van der Waals surface area contributed by atoms with E-state index < -0.39 is 0 Å². The van der Waals surface area contributed by atoms with Crippen LogP contribution in [0.2, 0.25) is 5.28 Å². The Bertz CT molecular complexity index is 771. The third-order valence-electron chi connectivity index (χ3n) is 3.05. The van der Waals surface area contributed by atoms with Crippen molar-refractivity contribution >= 4 is 28.8 Å². The van der Waals surface area contributed by atoms with Crippen LogP contribution < -0.4 is 5.32 Å². The summed E-state index contributed by atoms with van der Waals surface area (Å²) < 4.78 is 1.51. The Morgan fingerprint density at radius 2 is 2.10 bits per heavy atom. The van der Waals surface area contributed by atoms with Gasteiger partial charge in [0.1, 0.15) is 12.0 Å². The lowest BCUT2D eigenvalue weighted by atomic mass is 10.1.